The van der Waals surface area contributed by atoms with Gasteiger partial charge in [0.1, 0.15) is 0 Å². The second-order valence-electron chi connectivity index (χ2n) is 14.7. The zero-order valence-corrected chi connectivity index (χ0v) is 24.5. The third-order valence-electron chi connectivity index (χ3n) is 10.4. The van der Waals surface area contributed by atoms with Gasteiger partial charge in [0.25, 0.3) is 0 Å². The first kappa shape index (κ1) is 26.9. The zero-order chi connectivity index (χ0) is 26.1. The molecule has 4 fully saturated rings. The molecule has 4 aliphatic rings. The van der Waals surface area contributed by atoms with Gasteiger partial charge in [-0.1, -0.05) is 13.8 Å². The normalized spacial score (nSPS) is 39.4. The van der Waals surface area contributed by atoms with Gasteiger partial charge in [0, 0.05) is 36.5 Å². The van der Waals surface area contributed by atoms with Crippen molar-refractivity contribution >= 4 is 29.1 Å². The number of hydrogen-bond acceptors (Lipinski definition) is 3. The van der Waals surface area contributed by atoms with Crippen LogP contribution >= 0.6 is 12.2 Å². The van der Waals surface area contributed by atoms with Crippen molar-refractivity contribution in [1.29, 1.82) is 0 Å². The van der Waals surface area contributed by atoms with Crippen molar-refractivity contribution in [3.05, 3.63) is 0 Å². The van der Waals surface area contributed by atoms with Crippen LogP contribution in [0.3, 0.4) is 0 Å². The molecule has 5 nitrogen and oxygen atoms in total. The Kier molecular flexibility index (Phi) is 6.68. The standard InChI is InChI=1S/C29H49N3O2S/c1-26(2,3)30-25(35)32(27(4,5)6)24(34)21-12-11-19-18-10-13-22-29(8,17-15-23(33)31(22)9)20(18)14-16-28(19,21)7/h18-22H,10-17H2,1-9H3,(H,30,35)/t18-,19-,20+,21?,22?,28-,29+/m0/s1. The second kappa shape index (κ2) is 8.70. The highest BCUT2D eigenvalue weighted by molar-refractivity contribution is 7.80. The van der Waals surface area contributed by atoms with Gasteiger partial charge in [0.05, 0.1) is 0 Å². The SMILES string of the molecule is CN1C(=O)CC[C@@]2(C)C1CC[C@@H]1[C@H]2CC[C@]2(C)C(C(=O)N(C(=S)NC(C)(C)C)C(C)(C)C)CC[C@@H]12. The number of fused-ring (bicyclic) bond motifs is 5. The molecule has 7 atom stereocenters. The molecule has 0 bridgehead atoms. The number of rotatable bonds is 1. The summed E-state index contributed by atoms with van der Waals surface area (Å²) in [6, 6.07) is 0.380. The van der Waals surface area contributed by atoms with E-state index in [0.717, 1.165) is 32.1 Å². The first-order valence-corrected chi connectivity index (χ1v) is 14.3. The van der Waals surface area contributed by atoms with E-state index < -0.39 is 0 Å². The van der Waals surface area contributed by atoms with Gasteiger partial charge < -0.3 is 10.2 Å². The van der Waals surface area contributed by atoms with E-state index in [9.17, 15) is 9.59 Å². The first-order chi connectivity index (χ1) is 16.0. The second-order valence-corrected chi connectivity index (χ2v) is 15.1. The number of nitrogens with one attached hydrogen (secondary N) is 1. The van der Waals surface area contributed by atoms with Gasteiger partial charge in [-0.25, -0.2) is 0 Å². The summed E-state index contributed by atoms with van der Waals surface area (Å²) in [6.07, 6.45) is 8.40. The van der Waals surface area contributed by atoms with Crippen LogP contribution in [0.25, 0.3) is 0 Å². The van der Waals surface area contributed by atoms with E-state index in [1.54, 1.807) is 0 Å². The summed E-state index contributed by atoms with van der Waals surface area (Å²) in [6.45, 7) is 17.4. The molecule has 3 aliphatic carbocycles. The molecule has 0 aromatic rings. The molecule has 4 rings (SSSR count). The van der Waals surface area contributed by atoms with Crippen LogP contribution < -0.4 is 5.32 Å². The lowest BCUT2D eigenvalue weighted by Crippen LogP contribution is -2.62. The lowest BCUT2D eigenvalue weighted by molar-refractivity contribution is -0.161. The van der Waals surface area contributed by atoms with Crippen LogP contribution in [-0.4, -0.2) is 50.9 Å². The largest absolute Gasteiger partial charge is 0.358 e. The van der Waals surface area contributed by atoms with E-state index in [4.69, 9.17) is 12.2 Å². The predicted octanol–water partition coefficient (Wildman–Crippen LogP) is 5.77. The van der Waals surface area contributed by atoms with Crippen LogP contribution in [0.15, 0.2) is 0 Å². The fourth-order valence-corrected chi connectivity index (χ4v) is 9.49. The molecule has 1 N–H and O–H groups in total. The van der Waals surface area contributed by atoms with Crippen molar-refractivity contribution in [2.45, 2.75) is 124 Å². The third-order valence-corrected chi connectivity index (χ3v) is 10.7. The van der Waals surface area contributed by atoms with E-state index in [1.807, 2.05) is 11.9 Å². The highest BCUT2D eigenvalue weighted by Crippen LogP contribution is 2.66. The number of thiocarbonyl (C=S) groups is 1. The fraction of sp³-hybridized carbons (Fsp3) is 0.897. The molecule has 1 saturated heterocycles. The maximum absolute atomic E-state index is 14.3. The Morgan fingerprint density at radius 2 is 1.60 bits per heavy atom. The van der Waals surface area contributed by atoms with E-state index in [1.165, 1.54) is 12.8 Å². The van der Waals surface area contributed by atoms with Gasteiger partial charge >= 0.3 is 0 Å². The molecule has 6 heteroatoms. The summed E-state index contributed by atoms with van der Waals surface area (Å²) in [5, 5.41) is 3.96. The van der Waals surface area contributed by atoms with Gasteiger partial charge in [-0.15, -0.1) is 0 Å². The van der Waals surface area contributed by atoms with Crippen molar-refractivity contribution < 1.29 is 9.59 Å². The van der Waals surface area contributed by atoms with Crippen LogP contribution in [-0.2, 0) is 9.59 Å². The van der Waals surface area contributed by atoms with Crippen molar-refractivity contribution in [1.82, 2.24) is 15.1 Å². The van der Waals surface area contributed by atoms with Gasteiger partial charge in [-0.2, -0.15) is 0 Å². The quantitative estimate of drug-likeness (QED) is 0.462. The fourth-order valence-electron chi connectivity index (χ4n) is 8.82. The monoisotopic (exact) mass is 503 g/mol. The van der Waals surface area contributed by atoms with Crippen molar-refractivity contribution in [3.8, 4) is 0 Å². The van der Waals surface area contributed by atoms with Gasteiger partial charge in [-0.05, 0) is 127 Å². The Morgan fingerprint density at radius 1 is 0.971 bits per heavy atom. The van der Waals surface area contributed by atoms with Crippen molar-refractivity contribution in [2.75, 3.05) is 7.05 Å². The predicted molar refractivity (Wildman–Crippen MR) is 146 cm³/mol. The molecule has 1 heterocycles. The summed E-state index contributed by atoms with van der Waals surface area (Å²) in [4.78, 5) is 30.7. The molecule has 0 radical (unpaired) electrons. The van der Waals surface area contributed by atoms with E-state index in [-0.39, 0.29) is 33.7 Å². The average Bonchev–Trinajstić information content (AvgIpc) is 3.06. The van der Waals surface area contributed by atoms with E-state index in [0.29, 0.717) is 41.2 Å². The number of hydrogen-bond donors (Lipinski definition) is 1. The molecule has 3 saturated carbocycles. The van der Waals surface area contributed by atoms with Crippen LogP contribution in [0.2, 0.25) is 0 Å². The van der Waals surface area contributed by atoms with Crippen LogP contribution in [0.1, 0.15) is 107 Å². The Bertz CT molecular complexity index is 889. The number of likely N-dealkylation sites (tertiary alicyclic amines) is 1. The summed E-state index contributed by atoms with van der Waals surface area (Å²) >= 11 is 5.82. The molecule has 198 valence electrons. The maximum atomic E-state index is 14.3. The zero-order valence-electron chi connectivity index (χ0n) is 23.7. The lowest BCUT2D eigenvalue weighted by atomic mass is 9.47. The van der Waals surface area contributed by atoms with E-state index >= 15 is 0 Å². The molecule has 0 aromatic carbocycles. The number of amides is 2. The Hall–Kier alpha value is -1.17. The van der Waals surface area contributed by atoms with Gasteiger partial charge in [0.2, 0.25) is 11.8 Å². The van der Waals surface area contributed by atoms with Crippen LogP contribution in [0, 0.1) is 34.5 Å². The van der Waals surface area contributed by atoms with Gasteiger partial charge in [-0.3, -0.25) is 14.5 Å². The molecule has 0 spiro atoms. The minimum atomic E-state index is -0.372. The molecule has 35 heavy (non-hydrogen) atoms. The summed E-state index contributed by atoms with van der Waals surface area (Å²) in [7, 11) is 2.03. The summed E-state index contributed by atoms with van der Waals surface area (Å²) < 4.78 is 0. The molecular weight excluding hydrogens is 454 g/mol. The number of carbonyl (C=O) groups is 2. The highest BCUT2D eigenvalue weighted by atomic mass is 32.1. The number of piperidine rings is 1. The topological polar surface area (TPSA) is 52.7 Å². The minimum Gasteiger partial charge on any atom is -0.358 e. The highest BCUT2D eigenvalue weighted by Gasteiger charge is 2.62. The van der Waals surface area contributed by atoms with Crippen LogP contribution in [0.5, 0.6) is 0 Å². The van der Waals surface area contributed by atoms with Crippen molar-refractivity contribution in [3.63, 3.8) is 0 Å². The Balaban J connectivity index is 1.59. The summed E-state index contributed by atoms with van der Waals surface area (Å²) in [5.74, 6) is 2.46. The summed E-state index contributed by atoms with van der Waals surface area (Å²) in [5.41, 5.74) is -0.324. The van der Waals surface area contributed by atoms with Crippen molar-refractivity contribution in [2.24, 2.45) is 34.5 Å². The Morgan fingerprint density at radius 3 is 2.20 bits per heavy atom. The molecule has 2 amide bonds. The first-order valence-electron chi connectivity index (χ1n) is 13.9. The smallest absolute Gasteiger partial charge is 0.232 e. The minimum absolute atomic E-state index is 0.0218. The average molecular weight is 504 g/mol. The number of nitrogens with zero attached hydrogens (tertiary/aromatic N) is 2. The number of carbonyl (C=O) groups excluding carboxylic acids is 2. The van der Waals surface area contributed by atoms with Crippen LogP contribution in [0.4, 0.5) is 0 Å². The maximum Gasteiger partial charge on any atom is 0.232 e. The van der Waals surface area contributed by atoms with E-state index in [2.05, 4.69) is 65.6 Å². The molecular formula is C29H49N3O2S. The Labute approximate surface area is 219 Å². The third kappa shape index (κ3) is 4.44. The van der Waals surface area contributed by atoms with Gasteiger partial charge in [0.15, 0.2) is 5.11 Å². The molecule has 1 aliphatic heterocycles. The molecule has 2 unspecified atom stereocenters. The lowest BCUT2D eigenvalue weighted by Gasteiger charge is -2.61. The molecule has 0 aromatic heterocycles.